The van der Waals surface area contributed by atoms with Crippen LogP contribution in [0.4, 0.5) is 10.1 Å². The van der Waals surface area contributed by atoms with E-state index >= 15 is 0 Å². The van der Waals surface area contributed by atoms with Crippen LogP contribution < -0.4 is 5.32 Å². The van der Waals surface area contributed by atoms with E-state index in [1.807, 2.05) is 0 Å². The predicted octanol–water partition coefficient (Wildman–Crippen LogP) is 6.38. The number of rotatable bonds is 5. The average molecular weight is 501 g/mol. The zero-order valence-corrected chi connectivity index (χ0v) is 21.0. The van der Waals surface area contributed by atoms with Gasteiger partial charge >= 0.3 is 0 Å². The standard InChI is InChI=1S/C24H31ClFN3OS.ClH/c1-14(2)29-19(9-22(30)27-21-4-3-18(25)8-20(21)26)13-31-23(29)28-24-10-15-5-16(11-24)7-17(6-15)12-24;/h3-4,8,14-17,19H,5-7,9-13H2,1-2H3,(H,27,30);1H/b28-23-;. The van der Waals surface area contributed by atoms with E-state index in [1.54, 1.807) is 17.8 Å². The number of nitrogens with zero attached hydrogens (tertiary/aromatic N) is 2. The van der Waals surface area contributed by atoms with Crippen molar-refractivity contribution < 1.29 is 9.18 Å². The van der Waals surface area contributed by atoms with Crippen molar-refractivity contribution in [3.05, 3.63) is 29.0 Å². The SMILES string of the molecule is CC(C)N1/C(=N/C23CC4CC(CC(C4)C2)C3)SCC1CC(=O)Nc1ccc(Cl)cc1F.Cl. The van der Waals surface area contributed by atoms with E-state index in [9.17, 15) is 9.18 Å². The highest BCUT2D eigenvalue weighted by Gasteiger charge is 2.51. The van der Waals surface area contributed by atoms with Gasteiger partial charge in [-0.3, -0.25) is 9.79 Å². The second kappa shape index (κ2) is 9.34. The minimum absolute atomic E-state index is 0. The highest BCUT2D eigenvalue weighted by Crippen LogP contribution is 2.57. The van der Waals surface area contributed by atoms with Crippen LogP contribution in [0.25, 0.3) is 0 Å². The fourth-order valence-electron chi connectivity index (χ4n) is 6.78. The maximum Gasteiger partial charge on any atom is 0.226 e. The third kappa shape index (κ3) is 4.78. The van der Waals surface area contributed by atoms with Crippen LogP contribution >= 0.6 is 35.8 Å². The largest absolute Gasteiger partial charge is 0.345 e. The Bertz CT molecular complexity index is 874. The number of benzene rings is 1. The molecule has 1 aromatic carbocycles. The molecule has 176 valence electrons. The maximum atomic E-state index is 14.1. The van der Waals surface area contributed by atoms with Crippen LogP contribution in [0.1, 0.15) is 58.8 Å². The number of halogens is 3. The Morgan fingerprint density at radius 2 is 1.88 bits per heavy atom. The number of carbonyl (C=O) groups is 1. The first kappa shape index (κ1) is 24.2. The van der Waals surface area contributed by atoms with Gasteiger partial charge in [-0.1, -0.05) is 23.4 Å². The molecule has 32 heavy (non-hydrogen) atoms. The molecular formula is C24H32Cl2FN3OS. The van der Waals surface area contributed by atoms with Crippen molar-refractivity contribution in [3.63, 3.8) is 0 Å². The van der Waals surface area contributed by atoms with Crippen LogP contribution in [0, 0.1) is 23.6 Å². The van der Waals surface area contributed by atoms with Gasteiger partial charge in [0.05, 0.1) is 11.2 Å². The average Bonchev–Trinajstić information content (AvgIpc) is 3.04. The molecule has 1 N–H and O–H groups in total. The lowest BCUT2D eigenvalue weighted by atomic mass is 9.53. The summed E-state index contributed by atoms with van der Waals surface area (Å²) in [4.78, 5) is 20.5. The van der Waals surface area contributed by atoms with Gasteiger partial charge in [-0.05, 0) is 88.3 Å². The molecule has 4 bridgehead atoms. The van der Waals surface area contributed by atoms with Crippen LogP contribution in [0.3, 0.4) is 0 Å². The third-order valence-corrected chi connectivity index (χ3v) is 8.89. The number of amidine groups is 1. The van der Waals surface area contributed by atoms with Crippen LogP contribution in [-0.2, 0) is 4.79 Å². The molecule has 1 atom stereocenters. The monoisotopic (exact) mass is 499 g/mol. The van der Waals surface area contributed by atoms with E-state index in [1.165, 1.54) is 50.7 Å². The zero-order chi connectivity index (χ0) is 21.8. The van der Waals surface area contributed by atoms with Crippen molar-refractivity contribution in [3.8, 4) is 0 Å². The lowest BCUT2D eigenvalue weighted by Crippen LogP contribution is -2.50. The van der Waals surface area contributed by atoms with Gasteiger partial charge < -0.3 is 10.2 Å². The van der Waals surface area contributed by atoms with E-state index in [0.29, 0.717) is 11.4 Å². The number of hydrogen-bond donors (Lipinski definition) is 1. The van der Waals surface area contributed by atoms with E-state index in [2.05, 4.69) is 24.1 Å². The first-order valence-corrected chi connectivity index (χ1v) is 12.9. The molecule has 5 fully saturated rings. The Kier molecular flexibility index (Phi) is 7.05. The molecule has 4 saturated carbocycles. The lowest BCUT2D eigenvalue weighted by molar-refractivity contribution is -0.117. The highest BCUT2D eigenvalue weighted by atomic mass is 35.5. The molecule has 1 amide bonds. The number of anilines is 1. The molecule has 1 aliphatic heterocycles. The molecule has 0 aromatic heterocycles. The Hall–Kier alpha value is -0.980. The van der Waals surface area contributed by atoms with Gasteiger partial charge in [-0.15, -0.1) is 12.4 Å². The molecule has 1 aromatic rings. The molecule has 6 rings (SSSR count). The quantitative estimate of drug-likeness (QED) is 0.510. The number of amides is 1. The van der Waals surface area contributed by atoms with Crippen molar-refractivity contribution in [1.82, 2.24) is 4.90 Å². The summed E-state index contributed by atoms with van der Waals surface area (Å²) in [7, 11) is 0. The summed E-state index contributed by atoms with van der Waals surface area (Å²) in [5.41, 5.74) is 0.312. The van der Waals surface area contributed by atoms with Crippen molar-refractivity contribution >= 4 is 52.5 Å². The molecule has 1 saturated heterocycles. The Morgan fingerprint density at radius 3 is 2.44 bits per heavy atom. The first-order valence-electron chi connectivity index (χ1n) is 11.6. The maximum absolute atomic E-state index is 14.1. The summed E-state index contributed by atoms with van der Waals surface area (Å²) in [5, 5.41) is 4.15. The van der Waals surface area contributed by atoms with Gasteiger partial charge in [0.15, 0.2) is 5.17 Å². The molecule has 8 heteroatoms. The van der Waals surface area contributed by atoms with Crippen molar-refractivity contribution in [2.24, 2.45) is 22.7 Å². The van der Waals surface area contributed by atoms with Gasteiger partial charge in [-0.25, -0.2) is 4.39 Å². The number of thioether (sulfide) groups is 1. The normalized spacial score (nSPS) is 34.3. The van der Waals surface area contributed by atoms with E-state index < -0.39 is 5.82 Å². The molecule has 5 aliphatic rings. The zero-order valence-electron chi connectivity index (χ0n) is 18.7. The Morgan fingerprint density at radius 1 is 1.25 bits per heavy atom. The molecule has 0 spiro atoms. The molecular weight excluding hydrogens is 468 g/mol. The molecule has 4 nitrogen and oxygen atoms in total. The summed E-state index contributed by atoms with van der Waals surface area (Å²) >= 11 is 7.61. The van der Waals surface area contributed by atoms with Crippen LogP contribution in [0.5, 0.6) is 0 Å². The van der Waals surface area contributed by atoms with E-state index in [0.717, 1.165) is 28.7 Å². The van der Waals surface area contributed by atoms with Crippen LogP contribution in [0.2, 0.25) is 5.02 Å². The lowest BCUT2D eigenvalue weighted by Gasteiger charge is -2.55. The second-order valence-electron chi connectivity index (χ2n) is 10.4. The Labute approximate surface area is 205 Å². The summed E-state index contributed by atoms with van der Waals surface area (Å²) in [6.07, 6.45) is 8.30. The van der Waals surface area contributed by atoms with Gasteiger partial charge in [0, 0.05) is 29.3 Å². The van der Waals surface area contributed by atoms with E-state index in [-0.39, 0.29) is 41.6 Å². The number of carbonyl (C=O) groups excluding carboxylic acids is 1. The van der Waals surface area contributed by atoms with Crippen molar-refractivity contribution in [2.45, 2.75) is 76.4 Å². The minimum Gasteiger partial charge on any atom is -0.345 e. The third-order valence-electron chi connectivity index (χ3n) is 7.54. The fourth-order valence-corrected chi connectivity index (χ4v) is 8.33. The predicted molar refractivity (Wildman–Crippen MR) is 133 cm³/mol. The van der Waals surface area contributed by atoms with Gasteiger partial charge in [0.1, 0.15) is 5.82 Å². The number of aliphatic imine (C=N–C) groups is 1. The van der Waals surface area contributed by atoms with Crippen molar-refractivity contribution in [1.29, 1.82) is 0 Å². The first-order chi connectivity index (χ1) is 14.8. The van der Waals surface area contributed by atoms with Crippen molar-refractivity contribution in [2.75, 3.05) is 11.1 Å². The topological polar surface area (TPSA) is 44.7 Å². The van der Waals surface area contributed by atoms with Gasteiger partial charge in [0.25, 0.3) is 0 Å². The molecule has 1 unspecified atom stereocenters. The van der Waals surface area contributed by atoms with Crippen LogP contribution in [-0.4, -0.2) is 39.4 Å². The minimum atomic E-state index is -0.508. The summed E-state index contributed by atoms with van der Waals surface area (Å²) < 4.78 is 14.1. The number of nitrogens with one attached hydrogen (secondary N) is 1. The summed E-state index contributed by atoms with van der Waals surface area (Å²) in [6.45, 7) is 4.34. The molecule has 1 heterocycles. The highest BCUT2D eigenvalue weighted by molar-refractivity contribution is 8.14. The van der Waals surface area contributed by atoms with Gasteiger partial charge in [0.2, 0.25) is 5.91 Å². The van der Waals surface area contributed by atoms with Crippen LogP contribution in [0.15, 0.2) is 23.2 Å². The Balaban J connectivity index is 0.00000245. The van der Waals surface area contributed by atoms with E-state index in [4.69, 9.17) is 16.6 Å². The summed E-state index contributed by atoms with van der Waals surface area (Å²) in [6, 6.07) is 4.67. The van der Waals surface area contributed by atoms with Gasteiger partial charge in [-0.2, -0.15) is 0 Å². The molecule has 0 radical (unpaired) electrons. The smallest absolute Gasteiger partial charge is 0.226 e. The summed E-state index contributed by atoms with van der Waals surface area (Å²) in [5.74, 6) is 2.76. The second-order valence-corrected chi connectivity index (χ2v) is 11.8. The molecule has 4 aliphatic carbocycles. The fraction of sp³-hybridized carbons (Fsp3) is 0.667. The number of hydrogen-bond acceptors (Lipinski definition) is 3.